The van der Waals surface area contributed by atoms with Crippen molar-refractivity contribution in [1.29, 1.82) is 0 Å². The molecule has 0 saturated carbocycles. The van der Waals surface area contributed by atoms with E-state index in [1.54, 1.807) is 0 Å². The third kappa shape index (κ3) is 4.84. The molecule has 0 spiro atoms. The Balaban J connectivity index is 0. The summed E-state index contributed by atoms with van der Waals surface area (Å²) in [7, 11) is -6.38. The number of hydrogen-bond donors (Lipinski definition) is 2. The first-order chi connectivity index (χ1) is 7.34. The van der Waals surface area contributed by atoms with Crippen molar-refractivity contribution in [1.82, 2.24) is 0 Å². The molecule has 0 heterocycles. The Bertz CT molecular complexity index is 380. The third-order valence-corrected chi connectivity index (χ3v) is 2.29. The predicted molar refractivity (Wildman–Crippen MR) is 42.3 cm³/mol. The zero-order valence-electron chi connectivity index (χ0n) is 8.11. The molecule has 18 heavy (non-hydrogen) atoms. The number of hydrogen-bond acceptors (Lipinski definition) is 4. The molecular weight excluding hydrogens is 382 g/mol. The first kappa shape index (κ1) is 20.2. The van der Waals surface area contributed by atoms with Crippen LogP contribution in [0.3, 0.4) is 0 Å². The molecule has 0 rings (SSSR count). The summed E-state index contributed by atoms with van der Waals surface area (Å²) in [4.78, 5) is 0. The molecule has 2 unspecified atom stereocenters. The van der Waals surface area contributed by atoms with Gasteiger partial charge in [0.15, 0.2) is 0 Å². The fraction of sp³-hybridized carbons (Fsp3) is 0.667. The average Bonchev–Trinajstić information content (AvgIpc) is 2.09. The molecule has 0 bridgehead atoms. The number of alkyl halides is 5. The molecule has 0 aliphatic carbocycles. The van der Waals surface area contributed by atoms with Crippen LogP contribution in [-0.2, 0) is 34.3 Å². The zero-order valence-corrected chi connectivity index (χ0v) is 10.6. The molecule has 0 aliphatic heterocycles. The van der Waals surface area contributed by atoms with Gasteiger partial charge in [-0.2, -0.15) is 30.4 Å². The quantitative estimate of drug-likeness (QED) is 0.239. The Morgan fingerprint density at radius 2 is 1.61 bits per heavy atom. The molecule has 111 valence electrons. The molecule has 2 atom stereocenters. The first-order valence-electron chi connectivity index (χ1n) is 3.61. The van der Waals surface area contributed by atoms with Crippen LogP contribution in [0.5, 0.6) is 0 Å². The summed E-state index contributed by atoms with van der Waals surface area (Å²) >= 11 is 0. The van der Waals surface area contributed by atoms with E-state index in [0.29, 0.717) is 0 Å². The van der Waals surface area contributed by atoms with Gasteiger partial charge in [0, 0.05) is 25.8 Å². The molecule has 0 saturated heterocycles. The Hall–Kier alpha value is -0.157. The van der Waals surface area contributed by atoms with Crippen LogP contribution in [0, 0.1) is 6.08 Å². The minimum absolute atomic E-state index is 0. The van der Waals surface area contributed by atoms with Crippen LogP contribution in [0.4, 0.5) is 22.0 Å². The number of aliphatic hydroxyl groups is 1. The van der Waals surface area contributed by atoms with Crippen molar-refractivity contribution >= 4 is 10.1 Å². The Kier molecular flexibility index (Phi) is 7.09. The van der Waals surface area contributed by atoms with Gasteiger partial charge in [-0.25, -0.2) is 0 Å². The number of aliphatic hydroxyl groups excluding tert-OH is 1. The molecule has 0 aliphatic rings. The minimum Gasteiger partial charge on any atom is -0.446 e. The van der Waals surface area contributed by atoms with E-state index in [2.05, 4.69) is 11.3 Å². The van der Waals surface area contributed by atoms with E-state index in [-0.39, 0.29) is 19.5 Å². The van der Waals surface area contributed by atoms with E-state index >= 15 is 0 Å². The summed E-state index contributed by atoms with van der Waals surface area (Å²) in [5.74, 6) is 0. The monoisotopic (exact) mass is 388 g/mol. The second kappa shape index (κ2) is 6.33. The van der Waals surface area contributed by atoms with Gasteiger partial charge in [0.25, 0.3) is 0 Å². The van der Waals surface area contributed by atoms with Gasteiger partial charge >= 0.3 is 21.5 Å². The van der Waals surface area contributed by atoms with Crippen molar-refractivity contribution < 1.29 is 64.2 Å². The van der Waals surface area contributed by atoms with Crippen LogP contribution >= 0.6 is 0 Å². The van der Waals surface area contributed by atoms with E-state index in [0.717, 1.165) is 0 Å². The Morgan fingerprint density at radius 1 is 1.22 bits per heavy atom. The fourth-order valence-corrected chi connectivity index (χ4v) is 1.12. The summed E-state index contributed by atoms with van der Waals surface area (Å²) in [5.41, 5.74) is 0. The topological polar surface area (TPSA) is 83.8 Å². The average molecular weight is 388 g/mol. The van der Waals surface area contributed by atoms with Gasteiger partial charge < -0.3 is 15.9 Å². The fourth-order valence-electron chi connectivity index (χ4n) is 0.659. The second-order valence-electron chi connectivity index (χ2n) is 2.65. The summed E-state index contributed by atoms with van der Waals surface area (Å²) in [6.45, 7) is 2.62. The van der Waals surface area contributed by atoms with Gasteiger partial charge in [-0.3, -0.25) is 11.1 Å². The van der Waals surface area contributed by atoms with Crippen molar-refractivity contribution in [3.63, 3.8) is 0 Å². The van der Waals surface area contributed by atoms with E-state index in [9.17, 15) is 30.4 Å². The van der Waals surface area contributed by atoms with Crippen molar-refractivity contribution in [2.45, 2.75) is 23.8 Å². The molecule has 0 amide bonds. The van der Waals surface area contributed by atoms with Gasteiger partial charge in [-0.1, -0.05) is 0 Å². The molecular formula is C6H6F5O5RhS-. The van der Waals surface area contributed by atoms with E-state index in [4.69, 9.17) is 9.66 Å². The largest absolute Gasteiger partial charge is 0.446 e. The van der Waals surface area contributed by atoms with E-state index in [1.807, 2.05) is 0 Å². The molecule has 0 aromatic carbocycles. The smallest absolute Gasteiger partial charge is 0.421 e. The van der Waals surface area contributed by atoms with Crippen LogP contribution in [0.25, 0.3) is 0 Å². The number of ether oxygens (including phenoxy) is 1. The maximum atomic E-state index is 12.7. The standard InChI is InChI=1S/C6H6F5O5S.Rh/c1-2-3(12)16-4(5(7,8)9)6(10,11)17(13,14)15;/h3-4,12H,1H2,(H,13,14,15);/q-1;. The summed E-state index contributed by atoms with van der Waals surface area (Å²) in [6, 6.07) is 0. The molecule has 0 fully saturated rings. The maximum absolute atomic E-state index is 12.7. The van der Waals surface area contributed by atoms with Crippen LogP contribution in [0.15, 0.2) is 6.58 Å². The zero-order chi connectivity index (χ0) is 14.1. The van der Waals surface area contributed by atoms with Crippen LogP contribution < -0.4 is 0 Å². The summed E-state index contributed by atoms with van der Waals surface area (Å²) < 4.78 is 93.3. The Labute approximate surface area is 111 Å². The molecule has 2 N–H and O–H groups in total. The van der Waals surface area contributed by atoms with Crippen molar-refractivity contribution in [3.05, 3.63) is 12.7 Å². The number of rotatable bonds is 5. The van der Waals surface area contributed by atoms with Gasteiger partial charge in [0.1, 0.15) is 0 Å². The maximum Gasteiger partial charge on any atom is 0.421 e. The molecule has 5 nitrogen and oxygen atoms in total. The van der Waals surface area contributed by atoms with Crippen molar-refractivity contribution in [2.24, 2.45) is 0 Å². The third-order valence-electron chi connectivity index (χ3n) is 1.39. The first-order valence-corrected chi connectivity index (χ1v) is 5.05. The van der Waals surface area contributed by atoms with Gasteiger partial charge in [-0.05, 0) is 0 Å². The van der Waals surface area contributed by atoms with Crippen molar-refractivity contribution in [2.75, 3.05) is 0 Å². The van der Waals surface area contributed by atoms with Crippen LogP contribution in [0.1, 0.15) is 0 Å². The minimum atomic E-state index is -6.38. The number of halogens is 5. The molecule has 1 radical (unpaired) electrons. The van der Waals surface area contributed by atoms with Gasteiger partial charge in [-0.15, -0.1) is 0 Å². The molecule has 0 aromatic heterocycles. The Morgan fingerprint density at radius 3 is 1.83 bits per heavy atom. The normalized spacial score (nSPS) is 16.6. The summed E-state index contributed by atoms with van der Waals surface area (Å²) in [5, 5.41) is 2.84. The van der Waals surface area contributed by atoms with E-state index < -0.39 is 33.9 Å². The summed E-state index contributed by atoms with van der Waals surface area (Å²) in [6.07, 6.45) is -11.3. The van der Waals surface area contributed by atoms with Crippen LogP contribution in [0.2, 0.25) is 0 Å². The van der Waals surface area contributed by atoms with Gasteiger partial charge in [0.2, 0.25) is 6.10 Å². The van der Waals surface area contributed by atoms with E-state index in [1.165, 1.54) is 6.08 Å². The van der Waals surface area contributed by atoms with Gasteiger partial charge in [0.05, 0.1) is 0 Å². The molecule has 0 aromatic rings. The molecule has 12 heteroatoms. The SMILES string of the molecule is C=[C-]C(O)OC(C(F)(F)F)C(F)(F)S(=O)(=O)O.[Rh]. The van der Waals surface area contributed by atoms with Crippen molar-refractivity contribution in [3.8, 4) is 0 Å². The second-order valence-corrected chi connectivity index (χ2v) is 4.15. The van der Waals surface area contributed by atoms with Crippen LogP contribution in [-0.4, -0.2) is 41.9 Å². The predicted octanol–water partition coefficient (Wildman–Crippen LogP) is 0.720.